The van der Waals surface area contributed by atoms with Gasteiger partial charge in [0.2, 0.25) is 0 Å². The molecule has 0 radical (unpaired) electrons. The SMILES string of the molecule is CCOc1ccc(NC2CCN(c3ccccn3)CC2)cc1CO. The maximum absolute atomic E-state index is 9.51. The largest absolute Gasteiger partial charge is 0.494 e. The molecule has 0 aliphatic carbocycles. The van der Waals surface area contributed by atoms with Gasteiger partial charge in [-0.15, -0.1) is 0 Å². The van der Waals surface area contributed by atoms with Gasteiger partial charge < -0.3 is 20.1 Å². The zero-order valence-electron chi connectivity index (χ0n) is 14.1. The van der Waals surface area contributed by atoms with Crippen LogP contribution in [0.3, 0.4) is 0 Å². The second kappa shape index (κ2) is 8.02. The third-order valence-corrected chi connectivity index (χ3v) is 4.37. The van der Waals surface area contributed by atoms with Crippen LogP contribution in [0.1, 0.15) is 25.3 Å². The lowest BCUT2D eigenvalue weighted by Gasteiger charge is -2.33. The fourth-order valence-corrected chi connectivity index (χ4v) is 3.12. The molecule has 1 saturated heterocycles. The van der Waals surface area contributed by atoms with Gasteiger partial charge in [0.1, 0.15) is 11.6 Å². The summed E-state index contributed by atoms with van der Waals surface area (Å²) in [6.45, 7) is 4.54. The summed E-state index contributed by atoms with van der Waals surface area (Å²) < 4.78 is 5.53. The average Bonchev–Trinajstić information content (AvgIpc) is 2.64. The minimum Gasteiger partial charge on any atom is -0.494 e. The first-order chi connectivity index (χ1) is 11.8. The van der Waals surface area contributed by atoms with Crippen LogP contribution in [0, 0.1) is 0 Å². The Morgan fingerprint density at radius 1 is 1.25 bits per heavy atom. The van der Waals surface area contributed by atoms with Crippen molar-refractivity contribution in [2.45, 2.75) is 32.4 Å². The van der Waals surface area contributed by atoms with Gasteiger partial charge in [-0.25, -0.2) is 4.98 Å². The zero-order valence-corrected chi connectivity index (χ0v) is 14.1. The molecule has 2 N–H and O–H groups in total. The fraction of sp³-hybridized carbons (Fsp3) is 0.421. The number of aromatic nitrogens is 1. The topological polar surface area (TPSA) is 57.6 Å². The molecule has 1 aliphatic heterocycles. The summed E-state index contributed by atoms with van der Waals surface area (Å²) in [6.07, 6.45) is 3.98. The average molecular weight is 327 g/mol. The van der Waals surface area contributed by atoms with Crippen LogP contribution >= 0.6 is 0 Å². The van der Waals surface area contributed by atoms with Crippen LogP contribution in [0.5, 0.6) is 5.75 Å². The predicted molar refractivity (Wildman–Crippen MR) is 96.6 cm³/mol. The number of aliphatic hydroxyl groups excluding tert-OH is 1. The molecule has 1 aromatic heterocycles. The first-order valence-electron chi connectivity index (χ1n) is 8.59. The normalized spacial score (nSPS) is 15.3. The molecule has 1 fully saturated rings. The van der Waals surface area contributed by atoms with Gasteiger partial charge >= 0.3 is 0 Å². The molecule has 0 unspecified atom stereocenters. The predicted octanol–water partition coefficient (Wildman–Crippen LogP) is 3.05. The first kappa shape index (κ1) is 16.6. The molecular weight excluding hydrogens is 302 g/mol. The number of hydrogen-bond acceptors (Lipinski definition) is 5. The van der Waals surface area contributed by atoms with E-state index in [1.165, 1.54) is 0 Å². The summed E-state index contributed by atoms with van der Waals surface area (Å²) in [5.74, 6) is 1.81. The highest BCUT2D eigenvalue weighted by atomic mass is 16.5. The highest BCUT2D eigenvalue weighted by molar-refractivity contribution is 5.52. The fourth-order valence-electron chi connectivity index (χ4n) is 3.12. The van der Waals surface area contributed by atoms with Crippen LogP contribution < -0.4 is 15.0 Å². The van der Waals surface area contributed by atoms with Gasteiger partial charge in [-0.05, 0) is 50.1 Å². The van der Waals surface area contributed by atoms with Crippen molar-refractivity contribution in [1.29, 1.82) is 0 Å². The van der Waals surface area contributed by atoms with Gasteiger partial charge in [0.05, 0.1) is 13.2 Å². The van der Waals surface area contributed by atoms with Gasteiger partial charge in [0.15, 0.2) is 0 Å². The molecule has 0 atom stereocenters. The van der Waals surface area contributed by atoms with Crippen molar-refractivity contribution in [1.82, 2.24) is 4.98 Å². The number of pyridine rings is 1. The number of nitrogens with one attached hydrogen (secondary N) is 1. The van der Waals surface area contributed by atoms with Crippen LogP contribution in [0.2, 0.25) is 0 Å². The third-order valence-electron chi connectivity index (χ3n) is 4.37. The van der Waals surface area contributed by atoms with Crippen molar-refractivity contribution in [2.75, 3.05) is 29.9 Å². The molecule has 24 heavy (non-hydrogen) atoms. The standard InChI is InChI=1S/C19H25N3O2/c1-2-24-18-7-6-17(13-15(18)14-23)21-16-8-11-22(12-9-16)19-5-3-4-10-20-19/h3-7,10,13,16,21,23H,2,8-9,11-12,14H2,1H3. The van der Waals surface area contributed by atoms with Crippen molar-refractivity contribution >= 4 is 11.5 Å². The molecule has 0 spiro atoms. The second-order valence-electron chi connectivity index (χ2n) is 6.01. The molecule has 1 aromatic carbocycles. The van der Waals surface area contributed by atoms with Crippen molar-refractivity contribution < 1.29 is 9.84 Å². The van der Waals surface area contributed by atoms with Gasteiger partial charge in [-0.1, -0.05) is 6.07 Å². The molecule has 5 heteroatoms. The Kier molecular flexibility index (Phi) is 5.54. The lowest BCUT2D eigenvalue weighted by molar-refractivity contribution is 0.267. The Bertz CT molecular complexity index is 640. The van der Waals surface area contributed by atoms with Crippen molar-refractivity contribution in [3.8, 4) is 5.75 Å². The smallest absolute Gasteiger partial charge is 0.128 e. The monoisotopic (exact) mass is 327 g/mol. The molecule has 128 valence electrons. The van der Waals surface area contributed by atoms with E-state index in [4.69, 9.17) is 4.74 Å². The van der Waals surface area contributed by atoms with Crippen LogP contribution in [0.4, 0.5) is 11.5 Å². The van der Waals surface area contributed by atoms with Crippen LogP contribution in [-0.2, 0) is 6.61 Å². The Hall–Kier alpha value is -2.27. The number of aliphatic hydroxyl groups is 1. The Morgan fingerprint density at radius 2 is 2.08 bits per heavy atom. The quantitative estimate of drug-likeness (QED) is 0.854. The summed E-state index contributed by atoms with van der Waals surface area (Å²) in [5.41, 5.74) is 1.87. The number of ether oxygens (including phenoxy) is 1. The Morgan fingerprint density at radius 3 is 2.75 bits per heavy atom. The van der Waals surface area contributed by atoms with E-state index in [9.17, 15) is 5.11 Å². The minimum atomic E-state index is -0.0109. The molecule has 0 bridgehead atoms. The van der Waals surface area contributed by atoms with E-state index in [1.807, 2.05) is 43.5 Å². The molecular formula is C19H25N3O2. The number of piperidine rings is 1. The van der Waals surface area contributed by atoms with Crippen molar-refractivity contribution in [3.05, 3.63) is 48.2 Å². The summed E-state index contributed by atoms with van der Waals surface area (Å²) in [6, 6.07) is 12.4. The Labute approximate surface area is 143 Å². The molecule has 2 aromatic rings. The van der Waals surface area contributed by atoms with E-state index in [-0.39, 0.29) is 6.61 Å². The van der Waals surface area contributed by atoms with Gasteiger partial charge in [-0.2, -0.15) is 0 Å². The van der Waals surface area contributed by atoms with E-state index < -0.39 is 0 Å². The van der Waals surface area contributed by atoms with Gasteiger partial charge in [-0.3, -0.25) is 0 Å². The number of rotatable bonds is 6. The highest BCUT2D eigenvalue weighted by Gasteiger charge is 2.20. The molecule has 1 aliphatic rings. The van der Waals surface area contributed by atoms with Crippen molar-refractivity contribution in [2.24, 2.45) is 0 Å². The summed E-state index contributed by atoms with van der Waals surface area (Å²) in [7, 11) is 0. The third kappa shape index (κ3) is 3.97. The minimum absolute atomic E-state index is 0.0109. The lowest BCUT2D eigenvalue weighted by atomic mass is 10.0. The van der Waals surface area contributed by atoms with E-state index >= 15 is 0 Å². The van der Waals surface area contributed by atoms with E-state index in [1.54, 1.807) is 0 Å². The van der Waals surface area contributed by atoms with Crippen LogP contribution in [0.15, 0.2) is 42.6 Å². The number of anilines is 2. The van der Waals surface area contributed by atoms with Gasteiger partial charge in [0, 0.05) is 36.6 Å². The summed E-state index contributed by atoms with van der Waals surface area (Å²) in [5, 5.41) is 13.1. The number of benzene rings is 1. The first-order valence-corrected chi connectivity index (χ1v) is 8.59. The zero-order chi connectivity index (χ0) is 16.8. The molecule has 0 amide bonds. The van der Waals surface area contributed by atoms with Crippen molar-refractivity contribution in [3.63, 3.8) is 0 Å². The van der Waals surface area contributed by atoms with E-state index in [0.717, 1.165) is 48.7 Å². The van der Waals surface area contributed by atoms with Crippen LogP contribution in [0.25, 0.3) is 0 Å². The van der Waals surface area contributed by atoms with Gasteiger partial charge in [0.25, 0.3) is 0 Å². The Balaban J connectivity index is 1.58. The summed E-state index contributed by atoms with van der Waals surface area (Å²) >= 11 is 0. The maximum Gasteiger partial charge on any atom is 0.128 e. The second-order valence-corrected chi connectivity index (χ2v) is 6.01. The van der Waals surface area contributed by atoms with E-state index in [0.29, 0.717) is 12.6 Å². The maximum atomic E-state index is 9.51. The number of hydrogen-bond donors (Lipinski definition) is 2. The molecule has 3 rings (SSSR count). The number of nitrogens with zero attached hydrogens (tertiary/aromatic N) is 2. The molecule has 0 saturated carbocycles. The molecule has 5 nitrogen and oxygen atoms in total. The summed E-state index contributed by atoms with van der Waals surface area (Å²) in [4.78, 5) is 6.75. The van der Waals surface area contributed by atoms with E-state index in [2.05, 4.69) is 21.3 Å². The van der Waals surface area contributed by atoms with Crippen LogP contribution in [-0.4, -0.2) is 35.8 Å². The lowest BCUT2D eigenvalue weighted by Crippen LogP contribution is -2.39. The molecule has 2 heterocycles. The highest BCUT2D eigenvalue weighted by Crippen LogP contribution is 2.25.